The van der Waals surface area contributed by atoms with Gasteiger partial charge in [-0.2, -0.15) is 0 Å². The minimum Gasteiger partial charge on any atom is -0.381 e. The van der Waals surface area contributed by atoms with Crippen LogP contribution in [0.15, 0.2) is 30.3 Å². The minimum atomic E-state index is 0.153. The van der Waals surface area contributed by atoms with Gasteiger partial charge in [0.05, 0.1) is 0 Å². The average Bonchev–Trinajstić information content (AvgIpc) is 2.39. The van der Waals surface area contributed by atoms with Crippen molar-refractivity contribution in [1.82, 2.24) is 5.32 Å². The molecule has 3 nitrogen and oxygen atoms in total. The van der Waals surface area contributed by atoms with Gasteiger partial charge in [-0.25, -0.2) is 0 Å². The van der Waals surface area contributed by atoms with Crippen LogP contribution in [0.1, 0.15) is 24.8 Å². The SMILES string of the molecule is O=C(CCc1ccccc1)NC1CCOCC1. The molecule has 17 heavy (non-hydrogen) atoms. The van der Waals surface area contributed by atoms with E-state index in [1.807, 2.05) is 18.2 Å². The van der Waals surface area contributed by atoms with Gasteiger partial charge in [-0.15, -0.1) is 0 Å². The van der Waals surface area contributed by atoms with E-state index < -0.39 is 0 Å². The van der Waals surface area contributed by atoms with Crippen LogP contribution < -0.4 is 5.32 Å². The standard InChI is InChI=1S/C14H19NO2/c16-14(15-13-8-10-17-11-9-13)7-6-12-4-2-1-3-5-12/h1-5,13H,6-11H2,(H,15,16). The quantitative estimate of drug-likeness (QED) is 0.862. The Balaban J connectivity index is 1.70. The number of hydrogen-bond donors (Lipinski definition) is 1. The highest BCUT2D eigenvalue weighted by Crippen LogP contribution is 2.07. The smallest absolute Gasteiger partial charge is 0.220 e. The molecule has 0 aliphatic carbocycles. The molecule has 0 spiro atoms. The molecule has 0 unspecified atom stereocenters. The number of carbonyl (C=O) groups is 1. The van der Waals surface area contributed by atoms with Crippen LogP contribution in [0.3, 0.4) is 0 Å². The Morgan fingerprint density at radius 2 is 1.94 bits per heavy atom. The molecule has 1 aromatic rings. The van der Waals surface area contributed by atoms with Gasteiger partial charge in [0.1, 0.15) is 0 Å². The van der Waals surface area contributed by atoms with Crippen molar-refractivity contribution in [3.05, 3.63) is 35.9 Å². The van der Waals surface area contributed by atoms with E-state index in [9.17, 15) is 4.79 Å². The lowest BCUT2D eigenvalue weighted by atomic mass is 10.1. The van der Waals surface area contributed by atoms with Crippen LogP contribution >= 0.6 is 0 Å². The molecule has 92 valence electrons. The molecule has 1 heterocycles. The highest BCUT2D eigenvalue weighted by Gasteiger charge is 2.15. The van der Waals surface area contributed by atoms with Crippen molar-refractivity contribution in [3.63, 3.8) is 0 Å². The lowest BCUT2D eigenvalue weighted by Gasteiger charge is -2.23. The molecular formula is C14H19NO2. The fourth-order valence-corrected chi connectivity index (χ4v) is 2.04. The number of benzene rings is 1. The van der Waals surface area contributed by atoms with E-state index in [0.717, 1.165) is 32.5 Å². The first-order valence-corrected chi connectivity index (χ1v) is 6.25. The summed E-state index contributed by atoms with van der Waals surface area (Å²) in [6, 6.07) is 10.4. The van der Waals surface area contributed by atoms with E-state index in [2.05, 4.69) is 17.4 Å². The fourth-order valence-electron chi connectivity index (χ4n) is 2.04. The lowest BCUT2D eigenvalue weighted by Crippen LogP contribution is -2.38. The first-order valence-electron chi connectivity index (χ1n) is 6.25. The Kier molecular flexibility index (Phi) is 4.56. The molecule has 0 atom stereocenters. The largest absolute Gasteiger partial charge is 0.381 e. The first-order chi connectivity index (χ1) is 8.34. The maximum atomic E-state index is 11.7. The van der Waals surface area contributed by atoms with E-state index in [4.69, 9.17) is 4.74 Å². The number of nitrogens with one attached hydrogen (secondary N) is 1. The van der Waals surface area contributed by atoms with E-state index in [1.54, 1.807) is 0 Å². The Morgan fingerprint density at radius 1 is 1.24 bits per heavy atom. The third-order valence-electron chi connectivity index (χ3n) is 3.07. The Morgan fingerprint density at radius 3 is 2.65 bits per heavy atom. The van der Waals surface area contributed by atoms with Gasteiger partial charge in [0.2, 0.25) is 5.91 Å². The molecule has 2 rings (SSSR count). The molecule has 0 bridgehead atoms. The Hall–Kier alpha value is -1.35. The first kappa shape index (κ1) is 12.1. The normalized spacial score (nSPS) is 16.7. The summed E-state index contributed by atoms with van der Waals surface area (Å²) in [5, 5.41) is 3.07. The van der Waals surface area contributed by atoms with Crippen molar-refractivity contribution in [2.24, 2.45) is 0 Å². The molecule has 1 aromatic carbocycles. The molecule has 1 fully saturated rings. The molecule has 0 saturated carbocycles. The van der Waals surface area contributed by atoms with Crippen LogP contribution in [0.4, 0.5) is 0 Å². The number of carbonyl (C=O) groups excluding carboxylic acids is 1. The minimum absolute atomic E-state index is 0.153. The molecular weight excluding hydrogens is 214 g/mol. The number of hydrogen-bond acceptors (Lipinski definition) is 2. The number of aryl methyl sites for hydroxylation is 1. The maximum Gasteiger partial charge on any atom is 0.220 e. The molecule has 1 saturated heterocycles. The van der Waals surface area contributed by atoms with E-state index >= 15 is 0 Å². The van der Waals surface area contributed by atoms with E-state index in [0.29, 0.717) is 12.5 Å². The number of amides is 1. The molecule has 1 aliphatic heterocycles. The van der Waals surface area contributed by atoms with Gasteiger partial charge < -0.3 is 10.1 Å². The van der Waals surface area contributed by atoms with Crippen molar-refractivity contribution >= 4 is 5.91 Å². The summed E-state index contributed by atoms with van der Waals surface area (Å²) in [5.74, 6) is 0.153. The Labute approximate surface area is 102 Å². The summed E-state index contributed by atoms with van der Waals surface area (Å²) in [5.41, 5.74) is 1.22. The van der Waals surface area contributed by atoms with Gasteiger partial charge in [-0.3, -0.25) is 4.79 Å². The van der Waals surface area contributed by atoms with Crippen LogP contribution in [0.2, 0.25) is 0 Å². The molecule has 1 N–H and O–H groups in total. The zero-order valence-corrected chi connectivity index (χ0v) is 10.0. The zero-order chi connectivity index (χ0) is 11.9. The molecule has 3 heteroatoms. The van der Waals surface area contributed by atoms with Gasteiger partial charge in [0.25, 0.3) is 0 Å². The third-order valence-corrected chi connectivity index (χ3v) is 3.07. The second kappa shape index (κ2) is 6.40. The van der Waals surface area contributed by atoms with Gasteiger partial charge in [0, 0.05) is 25.7 Å². The van der Waals surface area contributed by atoms with Crippen molar-refractivity contribution in [1.29, 1.82) is 0 Å². The molecule has 1 aliphatic rings. The lowest BCUT2D eigenvalue weighted by molar-refractivity contribution is -0.122. The second-order valence-corrected chi connectivity index (χ2v) is 4.44. The summed E-state index contributed by atoms with van der Waals surface area (Å²) in [7, 11) is 0. The maximum absolute atomic E-state index is 11.7. The predicted molar refractivity (Wildman–Crippen MR) is 66.7 cm³/mol. The highest BCUT2D eigenvalue weighted by atomic mass is 16.5. The summed E-state index contributed by atoms with van der Waals surface area (Å²) < 4.78 is 5.26. The highest BCUT2D eigenvalue weighted by molar-refractivity contribution is 5.76. The van der Waals surface area contributed by atoms with Gasteiger partial charge in [-0.1, -0.05) is 30.3 Å². The van der Waals surface area contributed by atoms with Crippen molar-refractivity contribution in [2.75, 3.05) is 13.2 Å². The van der Waals surface area contributed by atoms with Crippen LogP contribution in [-0.4, -0.2) is 25.2 Å². The summed E-state index contributed by atoms with van der Waals surface area (Å²) >= 11 is 0. The summed E-state index contributed by atoms with van der Waals surface area (Å²) in [6.07, 6.45) is 3.27. The molecule has 1 amide bonds. The van der Waals surface area contributed by atoms with E-state index in [-0.39, 0.29) is 5.91 Å². The van der Waals surface area contributed by atoms with Crippen LogP contribution in [0.25, 0.3) is 0 Å². The van der Waals surface area contributed by atoms with Crippen LogP contribution in [0, 0.1) is 0 Å². The monoisotopic (exact) mass is 233 g/mol. The third kappa shape index (κ3) is 4.19. The van der Waals surface area contributed by atoms with Crippen molar-refractivity contribution in [2.45, 2.75) is 31.7 Å². The van der Waals surface area contributed by atoms with Crippen LogP contribution in [-0.2, 0) is 16.0 Å². The summed E-state index contributed by atoms with van der Waals surface area (Å²) in [6.45, 7) is 1.53. The van der Waals surface area contributed by atoms with Crippen LogP contribution in [0.5, 0.6) is 0 Å². The van der Waals surface area contributed by atoms with Crippen molar-refractivity contribution < 1.29 is 9.53 Å². The topological polar surface area (TPSA) is 38.3 Å². The molecule has 0 radical (unpaired) electrons. The van der Waals surface area contributed by atoms with Gasteiger partial charge in [-0.05, 0) is 24.8 Å². The molecule has 0 aromatic heterocycles. The number of ether oxygens (including phenoxy) is 1. The zero-order valence-electron chi connectivity index (χ0n) is 10.0. The van der Waals surface area contributed by atoms with Gasteiger partial charge >= 0.3 is 0 Å². The summed E-state index contributed by atoms with van der Waals surface area (Å²) in [4.78, 5) is 11.7. The Bertz CT molecular complexity index is 344. The predicted octanol–water partition coefficient (Wildman–Crippen LogP) is 1.91. The van der Waals surface area contributed by atoms with Crippen molar-refractivity contribution in [3.8, 4) is 0 Å². The fraction of sp³-hybridized carbons (Fsp3) is 0.500. The second-order valence-electron chi connectivity index (χ2n) is 4.44. The van der Waals surface area contributed by atoms with E-state index in [1.165, 1.54) is 5.56 Å². The van der Waals surface area contributed by atoms with Gasteiger partial charge in [0.15, 0.2) is 0 Å². The average molecular weight is 233 g/mol. The number of rotatable bonds is 4.